The van der Waals surface area contributed by atoms with Crippen LogP contribution in [0.5, 0.6) is 0 Å². The normalized spacial score (nSPS) is 15.0. The van der Waals surface area contributed by atoms with E-state index in [4.69, 9.17) is 0 Å². The van der Waals surface area contributed by atoms with Crippen LogP contribution in [0.25, 0.3) is 33.8 Å². The maximum Gasteiger partial charge on any atom is 0.101 e. The van der Waals surface area contributed by atoms with Crippen molar-refractivity contribution in [1.82, 2.24) is 9.55 Å². The van der Waals surface area contributed by atoms with Crippen LogP contribution < -0.4 is 0 Å². The number of para-hydroxylation sites is 1. The van der Waals surface area contributed by atoms with Crippen molar-refractivity contribution in [2.75, 3.05) is 0 Å². The summed E-state index contributed by atoms with van der Waals surface area (Å²) in [6.45, 7) is 0. The molecule has 0 atom stereocenters. The van der Waals surface area contributed by atoms with Crippen LogP contribution in [0.4, 0.5) is 0 Å². The third-order valence-corrected chi connectivity index (χ3v) is 6.61. The summed E-state index contributed by atoms with van der Waals surface area (Å²) in [5.41, 5.74) is 9.85. The minimum absolute atomic E-state index is 0.614. The molecule has 2 aromatic carbocycles. The van der Waals surface area contributed by atoms with Gasteiger partial charge in [0.15, 0.2) is 0 Å². The molecule has 0 fully saturated rings. The van der Waals surface area contributed by atoms with E-state index in [1.54, 1.807) is 6.20 Å². The number of aromatic nitrogens is 2. The number of allylic oxidation sites excluding steroid dienone is 5. The number of nitriles is 1. The summed E-state index contributed by atoms with van der Waals surface area (Å²) in [5.74, 6) is 0. The molecule has 3 heteroatoms. The lowest BCUT2D eigenvalue weighted by Gasteiger charge is -2.19. The van der Waals surface area contributed by atoms with Crippen molar-refractivity contribution in [3.05, 3.63) is 113 Å². The van der Waals surface area contributed by atoms with E-state index in [1.165, 1.54) is 22.2 Å². The van der Waals surface area contributed by atoms with E-state index in [9.17, 15) is 5.26 Å². The molecule has 0 saturated carbocycles. The van der Waals surface area contributed by atoms with Crippen LogP contribution in [-0.4, -0.2) is 9.55 Å². The number of hydrogen-bond acceptors (Lipinski definition) is 2. The molecule has 0 amide bonds. The summed E-state index contributed by atoms with van der Waals surface area (Å²) in [7, 11) is 0. The van der Waals surface area contributed by atoms with Crippen molar-refractivity contribution in [3.63, 3.8) is 0 Å². The highest BCUT2D eigenvalue weighted by atomic mass is 15.0. The fourth-order valence-electron chi connectivity index (χ4n) is 5.16. The molecule has 2 heterocycles. The Labute approximate surface area is 193 Å². The fraction of sp³-hybridized carbons (Fsp3) is 0.133. The van der Waals surface area contributed by atoms with Crippen LogP contribution in [0.3, 0.4) is 0 Å². The second-order valence-electron chi connectivity index (χ2n) is 8.53. The highest BCUT2D eigenvalue weighted by Gasteiger charge is 2.20. The molecule has 158 valence electrons. The van der Waals surface area contributed by atoms with Gasteiger partial charge in [-0.15, -0.1) is 0 Å². The van der Waals surface area contributed by atoms with Crippen molar-refractivity contribution >= 4 is 28.1 Å². The fourth-order valence-corrected chi connectivity index (χ4v) is 5.16. The minimum atomic E-state index is 0.614. The van der Waals surface area contributed by atoms with Gasteiger partial charge in [0.05, 0.1) is 16.8 Å². The summed E-state index contributed by atoms with van der Waals surface area (Å²) >= 11 is 0. The maximum absolute atomic E-state index is 9.64. The Morgan fingerprint density at radius 2 is 1.76 bits per heavy atom. The quantitative estimate of drug-likeness (QED) is 0.351. The van der Waals surface area contributed by atoms with Crippen molar-refractivity contribution < 1.29 is 0 Å². The van der Waals surface area contributed by atoms with Gasteiger partial charge in [-0.3, -0.25) is 4.98 Å². The first-order valence-electron chi connectivity index (χ1n) is 11.5. The van der Waals surface area contributed by atoms with E-state index in [0.717, 1.165) is 53.8 Å². The van der Waals surface area contributed by atoms with Gasteiger partial charge in [-0.2, -0.15) is 5.26 Å². The molecule has 2 aliphatic carbocycles. The summed E-state index contributed by atoms with van der Waals surface area (Å²) in [6, 6.07) is 23.4. The van der Waals surface area contributed by atoms with Crippen molar-refractivity contribution in [2.45, 2.75) is 25.7 Å². The third kappa shape index (κ3) is 3.23. The summed E-state index contributed by atoms with van der Waals surface area (Å²) < 4.78 is 2.39. The predicted molar refractivity (Wildman–Crippen MR) is 135 cm³/mol. The topological polar surface area (TPSA) is 41.6 Å². The van der Waals surface area contributed by atoms with Gasteiger partial charge in [-0.05, 0) is 78.8 Å². The van der Waals surface area contributed by atoms with Crippen molar-refractivity contribution in [1.29, 1.82) is 5.26 Å². The van der Waals surface area contributed by atoms with Crippen LogP contribution >= 0.6 is 0 Å². The molecule has 4 aromatic rings. The molecule has 0 radical (unpaired) electrons. The van der Waals surface area contributed by atoms with Crippen molar-refractivity contribution in [3.8, 4) is 11.8 Å². The zero-order chi connectivity index (χ0) is 22.2. The average Bonchev–Trinajstić information content (AvgIpc) is 3.23. The number of rotatable bonds is 3. The van der Waals surface area contributed by atoms with Gasteiger partial charge >= 0.3 is 0 Å². The monoisotopic (exact) mass is 425 g/mol. The van der Waals surface area contributed by atoms with Crippen LogP contribution in [-0.2, 0) is 6.42 Å². The van der Waals surface area contributed by atoms with Crippen LogP contribution in [0.1, 0.15) is 47.3 Å². The maximum atomic E-state index is 9.64. The third-order valence-electron chi connectivity index (χ3n) is 6.61. The number of pyridine rings is 1. The molecule has 0 aliphatic heterocycles. The Balaban J connectivity index is 1.51. The number of benzene rings is 2. The molecule has 0 spiro atoms. The zero-order valence-electron chi connectivity index (χ0n) is 18.3. The van der Waals surface area contributed by atoms with Crippen molar-refractivity contribution in [2.24, 2.45) is 0 Å². The van der Waals surface area contributed by atoms with E-state index in [2.05, 4.69) is 88.5 Å². The molecular formula is C30H23N3. The second-order valence-corrected chi connectivity index (χ2v) is 8.53. The molecule has 6 rings (SSSR count). The SMILES string of the molecule is N#Cc1cccnc1C1=CCCC=C1c1cccc(-n2c3c(c4ccccc42)CCC=C3)c1. The van der Waals surface area contributed by atoms with E-state index in [-0.39, 0.29) is 0 Å². The number of nitrogens with zero attached hydrogens (tertiary/aromatic N) is 3. The molecule has 0 bridgehead atoms. The van der Waals surface area contributed by atoms with Gasteiger partial charge in [-0.25, -0.2) is 0 Å². The molecule has 2 aliphatic rings. The van der Waals surface area contributed by atoms with Crippen LogP contribution in [0, 0.1) is 11.3 Å². The van der Waals surface area contributed by atoms with Gasteiger partial charge in [-0.1, -0.05) is 48.6 Å². The second kappa shape index (κ2) is 8.07. The van der Waals surface area contributed by atoms with Gasteiger partial charge in [0.1, 0.15) is 6.07 Å². The van der Waals surface area contributed by atoms with Gasteiger partial charge in [0, 0.05) is 28.5 Å². The predicted octanol–water partition coefficient (Wildman–Crippen LogP) is 7.12. The highest BCUT2D eigenvalue weighted by molar-refractivity contribution is 6.06. The standard InChI is InChI=1S/C30H23N3/c31-20-22-10-8-18-32-30(22)27-15-2-1-12-24(27)21-9-7-11-23(19-21)33-28-16-5-3-13-25(28)26-14-4-6-17-29(26)33/h3,5-13,15-19H,1-2,4,14H2. The number of aryl methyl sites for hydroxylation is 1. The van der Waals surface area contributed by atoms with E-state index >= 15 is 0 Å². The lowest BCUT2D eigenvalue weighted by Crippen LogP contribution is -2.03. The van der Waals surface area contributed by atoms with Gasteiger partial charge < -0.3 is 4.57 Å². The lowest BCUT2D eigenvalue weighted by molar-refractivity contribution is 0.967. The summed E-state index contributed by atoms with van der Waals surface area (Å²) in [5, 5.41) is 11.0. The first kappa shape index (κ1) is 19.5. The smallest absolute Gasteiger partial charge is 0.101 e. The Hall–Kier alpha value is -4.16. The molecular weight excluding hydrogens is 402 g/mol. The van der Waals surface area contributed by atoms with E-state index in [1.807, 2.05) is 12.1 Å². The molecule has 0 N–H and O–H groups in total. The summed E-state index contributed by atoms with van der Waals surface area (Å²) in [6.07, 6.45) is 14.9. The Kier molecular flexibility index (Phi) is 4.78. The Bertz CT molecular complexity index is 1520. The van der Waals surface area contributed by atoms with Crippen LogP contribution in [0.2, 0.25) is 0 Å². The molecule has 33 heavy (non-hydrogen) atoms. The van der Waals surface area contributed by atoms with E-state index < -0.39 is 0 Å². The average molecular weight is 426 g/mol. The summed E-state index contributed by atoms with van der Waals surface area (Å²) in [4.78, 5) is 4.57. The Morgan fingerprint density at radius 1 is 0.879 bits per heavy atom. The number of fused-ring (bicyclic) bond motifs is 3. The minimum Gasteiger partial charge on any atom is -0.310 e. The van der Waals surface area contributed by atoms with Crippen LogP contribution in [0.15, 0.2) is 85.1 Å². The molecule has 3 nitrogen and oxygen atoms in total. The highest BCUT2D eigenvalue weighted by Crippen LogP contribution is 2.38. The van der Waals surface area contributed by atoms with Gasteiger partial charge in [0.25, 0.3) is 0 Å². The largest absolute Gasteiger partial charge is 0.310 e. The Morgan fingerprint density at radius 3 is 2.67 bits per heavy atom. The first-order chi connectivity index (χ1) is 16.3. The lowest BCUT2D eigenvalue weighted by atomic mass is 9.88. The molecule has 0 unspecified atom stereocenters. The number of hydrogen-bond donors (Lipinski definition) is 0. The molecule has 0 saturated heterocycles. The molecule has 2 aromatic heterocycles. The zero-order valence-corrected chi connectivity index (χ0v) is 18.3. The van der Waals surface area contributed by atoms with Gasteiger partial charge in [0.2, 0.25) is 0 Å². The first-order valence-corrected chi connectivity index (χ1v) is 11.5. The van der Waals surface area contributed by atoms with E-state index in [0.29, 0.717) is 5.56 Å².